The lowest BCUT2D eigenvalue weighted by molar-refractivity contribution is 0.102. The summed E-state index contributed by atoms with van der Waals surface area (Å²) in [4.78, 5) is 12.0. The zero-order valence-corrected chi connectivity index (χ0v) is 12.2. The van der Waals surface area contributed by atoms with Crippen LogP contribution < -0.4 is 0 Å². The number of thioether (sulfide) groups is 1. The molecular weight excluding hydrogens is 312 g/mol. The first-order chi connectivity index (χ1) is 10.2. The van der Waals surface area contributed by atoms with Crippen LogP contribution in [0.1, 0.15) is 10.4 Å². The van der Waals surface area contributed by atoms with E-state index in [4.69, 9.17) is 20.4 Å². The molecular formula is C14H9ClN2O3S. The molecule has 0 fully saturated rings. The number of aromatic nitrogens is 2. The van der Waals surface area contributed by atoms with Crippen molar-refractivity contribution in [2.24, 2.45) is 0 Å². The molecule has 0 bridgehead atoms. The molecule has 7 heteroatoms. The van der Waals surface area contributed by atoms with E-state index in [9.17, 15) is 4.79 Å². The first-order valence-electron chi connectivity index (χ1n) is 6.01. The number of hydrogen-bond acceptors (Lipinski definition) is 6. The molecule has 2 heterocycles. The number of carbonyl (C=O) groups excluding carboxylic acids is 1. The summed E-state index contributed by atoms with van der Waals surface area (Å²) in [6.07, 6.45) is 1.52. The molecule has 0 unspecified atom stereocenters. The molecule has 0 saturated carbocycles. The van der Waals surface area contributed by atoms with E-state index < -0.39 is 0 Å². The fourth-order valence-electron chi connectivity index (χ4n) is 1.61. The highest BCUT2D eigenvalue weighted by molar-refractivity contribution is 7.99. The van der Waals surface area contributed by atoms with Gasteiger partial charge in [0, 0.05) is 10.6 Å². The standard InChI is InChI=1S/C14H9ClN2O3S/c15-10-5-3-9(4-6-10)11(18)8-21-14-17-16-13(20-14)12-2-1-7-19-12/h1-7H,8H2. The van der Waals surface area contributed by atoms with Crippen LogP contribution >= 0.6 is 23.4 Å². The van der Waals surface area contributed by atoms with E-state index >= 15 is 0 Å². The third-order valence-corrected chi connectivity index (χ3v) is 3.70. The molecule has 0 aliphatic heterocycles. The maximum atomic E-state index is 12.0. The second kappa shape index (κ2) is 6.15. The van der Waals surface area contributed by atoms with Gasteiger partial charge in [-0.2, -0.15) is 0 Å². The van der Waals surface area contributed by atoms with Gasteiger partial charge in [0.25, 0.3) is 11.1 Å². The second-order valence-corrected chi connectivity index (χ2v) is 5.43. The van der Waals surface area contributed by atoms with Crippen molar-refractivity contribution in [3.8, 4) is 11.7 Å². The third-order valence-electron chi connectivity index (χ3n) is 2.63. The molecule has 0 aliphatic rings. The van der Waals surface area contributed by atoms with Crippen LogP contribution in [0.2, 0.25) is 5.02 Å². The summed E-state index contributed by atoms with van der Waals surface area (Å²) in [5, 5.41) is 8.65. The van der Waals surface area contributed by atoms with E-state index in [1.54, 1.807) is 36.4 Å². The van der Waals surface area contributed by atoms with Gasteiger partial charge in [-0.15, -0.1) is 10.2 Å². The predicted molar refractivity (Wildman–Crippen MR) is 78.5 cm³/mol. The lowest BCUT2D eigenvalue weighted by Crippen LogP contribution is -2.01. The van der Waals surface area contributed by atoms with Gasteiger partial charge in [-0.25, -0.2) is 0 Å². The molecule has 21 heavy (non-hydrogen) atoms. The Morgan fingerprint density at radius 1 is 1.19 bits per heavy atom. The van der Waals surface area contributed by atoms with Gasteiger partial charge < -0.3 is 8.83 Å². The SMILES string of the molecule is O=C(CSc1nnc(-c2ccco2)o1)c1ccc(Cl)cc1. The number of rotatable bonds is 5. The summed E-state index contributed by atoms with van der Waals surface area (Å²) >= 11 is 6.96. The van der Waals surface area contributed by atoms with Crippen LogP contribution in [0, 0.1) is 0 Å². The quantitative estimate of drug-likeness (QED) is 0.523. The van der Waals surface area contributed by atoms with Gasteiger partial charge in [-0.05, 0) is 36.4 Å². The molecule has 5 nitrogen and oxygen atoms in total. The summed E-state index contributed by atoms with van der Waals surface area (Å²) in [7, 11) is 0. The van der Waals surface area contributed by atoms with E-state index in [0.29, 0.717) is 27.5 Å². The van der Waals surface area contributed by atoms with Crippen LogP contribution in [-0.2, 0) is 0 Å². The zero-order chi connectivity index (χ0) is 14.7. The first-order valence-corrected chi connectivity index (χ1v) is 7.38. The summed E-state index contributed by atoms with van der Waals surface area (Å²) in [5.41, 5.74) is 0.595. The molecule has 2 aromatic heterocycles. The van der Waals surface area contributed by atoms with Gasteiger partial charge >= 0.3 is 0 Å². The largest absolute Gasteiger partial charge is 0.459 e. The molecule has 3 rings (SSSR count). The molecule has 3 aromatic rings. The van der Waals surface area contributed by atoms with Crippen molar-refractivity contribution in [2.75, 3.05) is 5.75 Å². The summed E-state index contributed by atoms with van der Waals surface area (Å²) in [6.45, 7) is 0. The Bertz CT molecular complexity index is 738. The molecule has 0 N–H and O–H groups in total. The van der Waals surface area contributed by atoms with E-state index in [0.717, 1.165) is 0 Å². The van der Waals surface area contributed by atoms with Gasteiger partial charge in [0.2, 0.25) is 0 Å². The van der Waals surface area contributed by atoms with Crippen molar-refractivity contribution in [1.29, 1.82) is 0 Å². The maximum Gasteiger partial charge on any atom is 0.284 e. The average Bonchev–Trinajstić information content (AvgIpc) is 3.16. The molecule has 0 aliphatic carbocycles. The number of Topliss-reactive ketones (excluding diaryl/α,β-unsaturated/α-hetero) is 1. The van der Waals surface area contributed by atoms with Crippen LogP contribution in [0.15, 0.2) is 56.7 Å². The molecule has 0 spiro atoms. The normalized spacial score (nSPS) is 10.7. The minimum absolute atomic E-state index is 0.0329. The number of furan rings is 1. The molecule has 106 valence electrons. The van der Waals surface area contributed by atoms with E-state index in [1.165, 1.54) is 18.0 Å². The molecule has 1 aromatic carbocycles. The zero-order valence-electron chi connectivity index (χ0n) is 10.7. The van der Waals surface area contributed by atoms with Crippen molar-refractivity contribution in [3.05, 3.63) is 53.2 Å². The Kier molecular flexibility index (Phi) is 4.08. The van der Waals surface area contributed by atoms with Crippen LogP contribution in [0.25, 0.3) is 11.7 Å². The van der Waals surface area contributed by atoms with E-state index in [-0.39, 0.29) is 11.5 Å². The average molecular weight is 321 g/mol. The minimum atomic E-state index is -0.0329. The van der Waals surface area contributed by atoms with Gasteiger partial charge in [-0.3, -0.25) is 4.79 Å². The molecule has 0 saturated heterocycles. The third kappa shape index (κ3) is 3.34. The number of carbonyl (C=O) groups is 1. The van der Waals surface area contributed by atoms with Crippen molar-refractivity contribution < 1.29 is 13.6 Å². The molecule has 0 radical (unpaired) electrons. The Morgan fingerprint density at radius 2 is 2.00 bits per heavy atom. The number of benzene rings is 1. The van der Waals surface area contributed by atoms with Gasteiger partial charge in [0.15, 0.2) is 11.5 Å². The van der Waals surface area contributed by atoms with Crippen molar-refractivity contribution in [2.45, 2.75) is 5.22 Å². The van der Waals surface area contributed by atoms with Crippen LogP contribution in [0.3, 0.4) is 0 Å². The van der Waals surface area contributed by atoms with E-state index in [1.807, 2.05) is 0 Å². The van der Waals surface area contributed by atoms with Gasteiger partial charge in [-0.1, -0.05) is 23.4 Å². The van der Waals surface area contributed by atoms with E-state index in [2.05, 4.69) is 10.2 Å². The molecule has 0 atom stereocenters. The lowest BCUT2D eigenvalue weighted by atomic mass is 10.1. The summed E-state index contributed by atoms with van der Waals surface area (Å²) < 4.78 is 10.6. The monoisotopic (exact) mass is 320 g/mol. The van der Waals surface area contributed by atoms with Gasteiger partial charge in [0.05, 0.1) is 12.0 Å². The number of nitrogens with zero attached hydrogens (tertiary/aromatic N) is 2. The van der Waals surface area contributed by atoms with Crippen LogP contribution in [-0.4, -0.2) is 21.7 Å². The number of hydrogen-bond donors (Lipinski definition) is 0. The first kappa shape index (κ1) is 13.9. The highest BCUT2D eigenvalue weighted by Crippen LogP contribution is 2.24. The van der Waals surface area contributed by atoms with Crippen molar-refractivity contribution >= 4 is 29.1 Å². The fourth-order valence-corrected chi connectivity index (χ4v) is 2.40. The highest BCUT2D eigenvalue weighted by Gasteiger charge is 2.13. The Labute approximate surface area is 129 Å². The van der Waals surface area contributed by atoms with Crippen LogP contribution in [0.4, 0.5) is 0 Å². The Balaban J connectivity index is 1.62. The number of halogens is 1. The highest BCUT2D eigenvalue weighted by atomic mass is 35.5. The Morgan fingerprint density at radius 3 is 2.71 bits per heavy atom. The number of ketones is 1. The lowest BCUT2D eigenvalue weighted by Gasteiger charge is -1.98. The van der Waals surface area contributed by atoms with Crippen LogP contribution in [0.5, 0.6) is 0 Å². The van der Waals surface area contributed by atoms with Crippen molar-refractivity contribution in [3.63, 3.8) is 0 Å². The van der Waals surface area contributed by atoms with Gasteiger partial charge in [0.1, 0.15) is 0 Å². The minimum Gasteiger partial charge on any atom is -0.459 e. The summed E-state index contributed by atoms with van der Waals surface area (Å²) in [6, 6.07) is 10.2. The fraction of sp³-hybridized carbons (Fsp3) is 0.0714. The molecule has 0 amide bonds. The smallest absolute Gasteiger partial charge is 0.284 e. The van der Waals surface area contributed by atoms with Crippen molar-refractivity contribution in [1.82, 2.24) is 10.2 Å². The predicted octanol–water partition coefficient (Wildman–Crippen LogP) is 3.96. The second-order valence-electron chi connectivity index (χ2n) is 4.07. The Hall–Kier alpha value is -2.05. The topological polar surface area (TPSA) is 69.1 Å². The summed E-state index contributed by atoms with van der Waals surface area (Å²) in [5.74, 6) is 0.968. The maximum absolute atomic E-state index is 12.0.